The van der Waals surface area contributed by atoms with Gasteiger partial charge >= 0.3 is 0 Å². The Labute approximate surface area is 187 Å². The molecule has 0 atom stereocenters. The molecule has 0 radical (unpaired) electrons. The summed E-state index contributed by atoms with van der Waals surface area (Å²) in [5.41, 5.74) is 1.12. The van der Waals surface area contributed by atoms with Crippen molar-refractivity contribution < 1.29 is 34.4 Å². The largest absolute Gasteiger partial charge is 0.504 e. The highest BCUT2D eigenvalue weighted by Crippen LogP contribution is 2.34. The van der Waals surface area contributed by atoms with E-state index in [0.717, 1.165) is 0 Å². The van der Waals surface area contributed by atoms with Crippen LogP contribution < -0.4 is 5.32 Å². The van der Waals surface area contributed by atoms with Gasteiger partial charge in [0.2, 0.25) is 0 Å². The molecule has 1 amide bonds. The number of hydrogen-bond acceptors (Lipinski definition) is 7. The van der Waals surface area contributed by atoms with Gasteiger partial charge in [-0.3, -0.25) is 9.59 Å². The van der Waals surface area contributed by atoms with Crippen LogP contribution in [0, 0.1) is 5.82 Å². The number of benzene rings is 3. The topological polar surface area (TPSA) is 127 Å². The normalized spacial score (nSPS) is 10.7. The lowest BCUT2D eigenvalue weighted by atomic mass is 10.0. The lowest BCUT2D eigenvalue weighted by molar-refractivity contribution is 0.0952. The second kappa shape index (κ2) is 10.1. The zero-order valence-electron chi connectivity index (χ0n) is 16.7. The number of rotatable bonds is 8. The Hall–Kier alpha value is -3.72. The number of thioether (sulfide) groups is 1. The van der Waals surface area contributed by atoms with E-state index in [9.17, 15) is 34.4 Å². The van der Waals surface area contributed by atoms with Crippen LogP contribution in [0.4, 0.5) is 4.39 Å². The van der Waals surface area contributed by atoms with Crippen LogP contribution in [0.25, 0.3) is 11.1 Å². The van der Waals surface area contributed by atoms with Crippen molar-refractivity contribution in [3.05, 3.63) is 71.5 Å². The van der Waals surface area contributed by atoms with Crippen molar-refractivity contribution >= 4 is 23.5 Å². The van der Waals surface area contributed by atoms with E-state index in [2.05, 4.69) is 5.32 Å². The van der Waals surface area contributed by atoms with Gasteiger partial charge in [-0.15, -0.1) is 0 Å². The molecule has 0 aliphatic carbocycles. The zero-order valence-corrected chi connectivity index (χ0v) is 17.5. The van der Waals surface area contributed by atoms with Crippen LogP contribution in [0.15, 0.2) is 54.6 Å². The maximum atomic E-state index is 13.1. The second-order valence-corrected chi connectivity index (χ2v) is 7.94. The lowest BCUT2D eigenvalue weighted by Crippen LogP contribution is -2.26. The summed E-state index contributed by atoms with van der Waals surface area (Å²) in [5.74, 6) is -2.51. The third-order valence-corrected chi connectivity index (χ3v) is 5.53. The number of phenols is 4. The average molecular weight is 457 g/mol. The van der Waals surface area contributed by atoms with Crippen LogP contribution >= 0.6 is 11.8 Å². The molecule has 3 aromatic rings. The summed E-state index contributed by atoms with van der Waals surface area (Å²) in [7, 11) is 0. The molecule has 7 nitrogen and oxygen atoms in total. The molecule has 0 aliphatic rings. The highest BCUT2D eigenvalue weighted by Gasteiger charge is 2.17. The van der Waals surface area contributed by atoms with Crippen molar-refractivity contribution in [3.63, 3.8) is 0 Å². The van der Waals surface area contributed by atoms with Crippen molar-refractivity contribution in [1.82, 2.24) is 5.32 Å². The van der Waals surface area contributed by atoms with E-state index in [4.69, 9.17) is 0 Å². The summed E-state index contributed by atoms with van der Waals surface area (Å²) in [5, 5.41) is 41.4. The maximum Gasteiger partial charge on any atom is 0.255 e. The number of Topliss-reactive ketones (excluding diaryl/α,β-unsaturated/α-hetero) is 1. The van der Waals surface area contributed by atoms with Crippen molar-refractivity contribution in [2.75, 3.05) is 18.1 Å². The summed E-state index contributed by atoms with van der Waals surface area (Å²) in [6.07, 6.45) is 0. The second-order valence-electron chi connectivity index (χ2n) is 6.83. The van der Waals surface area contributed by atoms with Crippen molar-refractivity contribution in [3.8, 4) is 34.1 Å². The lowest BCUT2D eigenvalue weighted by Gasteiger charge is -2.11. The monoisotopic (exact) mass is 457 g/mol. The molecule has 0 saturated heterocycles. The van der Waals surface area contributed by atoms with E-state index >= 15 is 0 Å². The van der Waals surface area contributed by atoms with E-state index in [1.54, 1.807) is 0 Å². The number of phenolic OH excluding ortho intramolecular Hbond substituents is 4. The molecule has 0 aliphatic heterocycles. The number of amides is 1. The minimum atomic E-state index is -0.614. The molecular formula is C23H20FNO6S. The minimum absolute atomic E-state index is 0.103. The molecule has 9 heteroatoms. The molecule has 0 fully saturated rings. The number of carbonyl (C=O) groups is 2. The maximum absolute atomic E-state index is 13.1. The fourth-order valence-electron chi connectivity index (χ4n) is 2.88. The van der Waals surface area contributed by atoms with E-state index in [0.29, 0.717) is 16.9 Å². The molecule has 5 N–H and O–H groups in total. The Bertz CT molecular complexity index is 1150. The molecule has 32 heavy (non-hydrogen) atoms. The quantitative estimate of drug-likeness (QED) is 0.198. The Morgan fingerprint density at radius 2 is 1.56 bits per heavy atom. The van der Waals surface area contributed by atoms with Gasteiger partial charge in [0.1, 0.15) is 5.82 Å². The molecule has 3 aromatic carbocycles. The highest BCUT2D eigenvalue weighted by atomic mass is 32.2. The fraction of sp³-hybridized carbons (Fsp3) is 0.130. The third-order valence-electron chi connectivity index (χ3n) is 4.57. The van der Waals surface area contributed by atoms with E-state index < -0.39 is 23.2 Å². The van der Waals surface area contributed by atoms with Crippen LogP contribution in [0.5, 0.6) is 23.0 Å². The Balaban J connectivity index is 1.56. The smallest absolute Gasteiger partial charge is 0.255 e. The predicted molar refractivity (Wildman–Crippen MR) is 119 cm³/mol. The molecular weight excluding hydrogens is 437 g/mol. The fourth-order valence-corrected chi connectivity index (χ4v) is 3.62. The summed E-state index contributed by atoms with van der Waals surface area (Å²) < 4.78 is 13.1. The number of nitrogens with one attached hydrogen (secondary N) is 1. The summed E-state index contributed by atoms with van der Waals surface area (Å²) in [4.78, 5) is 24.6. The number of aromatic hydroxyl groups is 4. The number of halogens is 1. The van der Waals surface area contributed by atoms with Gasteiger partial charge < -0.3 is 25.7 Å². The van der Waals surface area contributed by atoms with Gasteiger partial charge in [0.05, 0.1) is 11.3 Å². The van der Waals surface area contributed by atoms with Gasteiger partial charge in [0.15, 0.2) is 28.8 Å². The molecule has 0 aromatic heterocycles. The molecule has 0 unspecified atom stereocenters. The molecule has 0 spiro atoms. The van der Waals surface area contributed by atoms with Crippen LogP contribution in [0.1, 0.15) is 20.7 Å². The third kappa shape index (κ3) is 5.50. The van der Waals surface area contributed by atoms with Gasteiger partial charge in [-0.25, -0.2) is 4.39 Å². The average Bonchev–Trinajstić information content (AvgIpc) is 2.77. The van der Waals surface area contributed by atoms with Crippen molar-refractivity contribution in [1.29, 1.82) is 0 Å². The summed E-state index contributed by atoms with van der Waals surface area (Å²) in [6.45, 7) is 0.193. The Morgan fingerprint density at radius 3 is 2.25 bits per heavy atom. The first kappa shape index (κ1) is 23.0. The number of ketones is 1. The predicted octanol–water partition coefficient (Wildman–Crippen LogP) is 3.66. The molecule has 3 rings (SSSR count). The van der Waals surface area contributed by atoms with Crippen LogP contribution in [0.2, 0.25) is 0 Å². The molecule has 166 valence electrons. The van der Waals surface area contributed by atoms with Gasteiger partial charge in [0.25, 0.3) is 5.91 Å². The van der Waals surface area contributed by atoms with Crippen LogP contribution in [0.3, 0.4) is 0 Å². The molecule has 0 bridgehead atoms. The minimum Gasteiger partial charge on any atom is -0.504 e. The standard InChI is InChI=1S/C23H20FNO6S/c24-16-4-1-13(2-5-16)15-9-17(22(30)20(28)11-15)23(31)25-7-8-32-12-21(29)14-3-6-18(26)19(27)10-14/h1-6,9-11,26-28,30H,7-8,12H2,(H,25,31). The van der Waals surface area contributed by atoms with Gasteiger partial charge in [0, 0.05) is 17.9 Å². The Kier molecular flexibility index (Phi) is 7.21. The molecule has 0 heterocycles. The molecule has 0 saturated carbocycles. The first-order chi connectivity index (χ1) is 15.3. The van der Waals surface area contributed by atoms with E-state index in [-0.39, 0.29) is 40.7 Å². The first-order valence-electron chi connectivity index (χ1n) is 9.49. The summed E-state index contributed by atoms with van der Waals surface area (Å²) >= 11 is 1.26. The van der Waals surface area contributed by atoms with Crippen molar-refractivity contribution in [2.24, 2.45) is 0 Å². The van der Waals surface area contributed by atoms with Gasteiger partial charge in [-0.1, -0.05) is 12.1 Å². The first-order valence-corrected chi connectivity index (χ1v) is 10.6. The van der Waals surface area contributed by atoms with E-state index in [1.807, 2.05) is 0 Å². The SMILES string of the molecule is O=C(CSCCNC(=O)c1cc(-c2ccc(F)cc2)cc(O)c1O)c1ccc(O)c(O)c1. The van der Waals surface area contributed by atoms with Crippen LogP contribution in [-0.4, -0.2) is 50.2 Å². The van der Waals surface area contributed by atoms with E-state index in [1.165, 1.54) is 66.4 Å². The highest BCUT2D eigenvalue weighted by molar-refractivity contribution is 8.00. The van der Waals surface area contributed by atoms with Crippen LogP contribution in [-0.2, 0) is 0 Å². The van der Waals surface area contributed by atoms with Gasteiger partial charge in [-0.05, 0) is 53.6 Å². The van der Waals surface area contributed by atoms with Crippen molar-refractivity contribution in [2.45, 2.75) is 0 Å². The Morgan fingerprint density at radius 1 is 0.844 bits per heavy atom. The number of carbonyl (C=O) groups excluding carboxylic acids is 2. The zero-order chi connectivity index (χ0) is 23.3. The van der Waals surface area contributed by atoms with Gasteiger partial charge in [-0.2, -0.15) is 11.8 Å². The summed E-state index contributed by atoms with van der Waals surface area (Å²) in [6, 6.07) is 12.0. The number of hydrogen-bond donors (Lipinski definition) is 5.